The van der Waals surface area contributed by atoms with Gasteiger partial charge in [-0.2, -0.15) is 5.26 Å². The van der Waals surface area contributed by atoms with Gasteiger partial charge in [0.1, 0.15) is 17.5 Å². The number of hydrogen-bond acceptors (Lipinski definition) is 3. The quantitative estimate of drug-likeness (QED) is 0.772. The molecule has 4 nitrogen and oxygen atoms in total. The molecule has 0 aliphatic heterocycles. The normalized spacial score (nSPS) is 10.3. The molecule has 0 atom stereocenters. The molecular formula is C18H14ClN3O. The number of nitrogen functional groups attached to an aromatic ring is 1. The topological polar surface area (TPSA) is 64.0 Å². The monoisotopic (exact) mass is 323 g/mol. The maximum absolute atomic E-state index is 9.34. The van der Waals surface area contributed by atoms with Crippen LogP contribution in [0.1, 0.15) is 11.3 Å². The Balaban J connectivity index is 1.97. The molecule has 3 rings (SSSR count). The van der Waals surface area contributed by atoms with E-state index in [0.717, 1.165) is 5.56 Å². The van der Waals surface area contributed by atoms with Crippen molar-refractivity contribution in [2.45, 2.75) is 6.54 Å². The molecule has 0 spiro atoms. The third-order valence-corrected chi connectivity index (χ3v) is 3.65. The van der Waals surface area contributed by atoms with Crippen molar-refractivity contribution in [1.29, 1.82) is 5.26 Å². The predicted molar refractivity (Wildman–Crippen MR) is 90.6 cm³/mol. The van der Waals surface area contributed by atoms with Crippen molar-refractivity contribution in [3.63, 3.8) is 0 Å². The van der Waals surface area contributed by atoms with Crippen LogP contribution in [0.4, 0.5) is 5.69 Å². The number of nitriles is 1. The number of para-hydroxylation sites is 1. The van der Waals surface area contributed by atoms with Gasteiger partial charge in [-0.3, -0.25) is 4.57 Å². The van der Waals surface area contributed by atoms with Gasteiger partial charge in [-0.25, -0.2) is 0 Å². The van der Waals surface area contributed by atoms with Crippen LogP contribution >= 0.6 is 11.6 Å². The van der Waals surface area contributed by atoms with Crippen LogP contribution in [0.15, 0.2) is 60.7 Å². The molecule has 2 N–H and O–H groups in total. The molecule has 0 saturated carbocycles. The fraction of sp³-hybridized carbons (Fsp3) is 0.0556. The number of anilines is 1. The highest BCUT2D eigenvalue weighted by Gasteiger charge is 2.15. The lowest BCUT2D eigenvalue weighted by atomic mass is 10.2. The molecule has 0 aliphatic rings. The van der Waals surface area contributed by atoms with Gasteiger partial charge in [-0.1, -0.05) is 41.9 Å². The Kier molecular flexibility index (Phi) is 4.22. The number of rotatable bonds is 4. The van der Waals surface area contributed by atoms with E-state index in [1.807, 2.05) is 54.6 Å². The molecule has 0 fully saturated rings. The predicted octanol–water partition coefficient (Wildman–Crippen LogP) is 4.44. The summed E-state index contributed by atoms with van der Waals surface area (Å²) in [5.41, 5.74) is 7.90. The van der Waals surface area contributed by atoms with E-state index in [2.05, 4.69) is 6.07 Å². The van der Waals surface area contributed by atoms with Crippen molar-refractivity contribution in [2.75, 3.05) is 5.73 Å². The zero-order valence-corrected chi connectivity index (χ0v) is 13.0. The summed E-state index contributed by atoms with van der Waals surface area (Å²) in [4.78, 5) is 0. The van der Waals surface area contributed by atoms with E-state index in [1.165, 1.54) is 0 Å². The van der Waals surface area contributed by atoms with Crippen LogP contribution in [0, 0.1) is 11.3 Å². The van der Waals surface area contributed by atoms with E-state index in [9.17, 15) is 5.26 Å². The maximum atomic E-state index is 9.34. The van der Waals surface area contributed by atoms with Gasteiger partial charge in [0, 0.05) is 11.1 Å². The average Bonchev–Trinajstić information content (AvgIpc) is 2.86. The zero-order valence-electron chi connectivity index (χ0n) is 12.2. The Bertz CT molecular complexity index is 848. The number of ether oxygens (including phenoxy) is 1. The highest BCUT2D eigenvalue weighted by atomic mass is 35.5. The van der Waals surface area contributed by atoms with Gasteiger partial charge in [-0.15, -0.1) is 0 Å². The van der Waals surface area contributed by atoms with Gasteiger partial charge in [0.2, 0.25) is 5.88 Å². The van der Waals surface area contributed by atoms with Gasteiger partial charge >= 0.3 is 0 Å². The van der Waals surface area contributed by atoms with Crippen LogP contribution < -0.4 is 10.5 Å². The zero-order chi connectivity index (χ0) is 16.2. The first-order valence-electron chi connectivity index (χ1n) is 7.04. The highest BCUT2D eigenvalue weighted by molar-refractivity contribution is 6.30. The molecular weight excluding hydrogens is 310 g/mol. The van der Waals surface area contributed by atoms with E-state index in [1.54, 1.807) is 10.6 Å². The van der Waals surface area contributed by atoms with Gasteiger partial charge < -0.3 is 10.5 Å². The summed E-state index contributed by atoms with van der Waals surface area (Å²) in [6, 6.07) is 20.6. The molecule has 2 aromatic carbocycles. The van der Waals surface area contributed by atoms with Crippen LogP contribution in [0.5, 0.6) is 11.6 Å². The number of halogens is 1. The van der Waals surface area contributed by atoms with Crippen molar-refractivity contribution < 1.29 is 4.74 Å². The Morgan fingerprint density at radius 1 is 1.09 bits per heavy atom. The fourth-order valence-corrected chi connectivity index (χ4v) is 2.41. The van der Waals surface area contributed by atoms with Gasteiger partial charge in [0.25, 0.3) is 0 Å². The average molecular weight is 324 g/mol. The third kappa shape index (κ3) is 3.31. The van der Waals surface area contributed by atoms with Crippen LogP contribution in [-0.4, -0.2) is 4.57 Å². The standard InChI is InChI=1S/C18H14ClN3O/c19-14-8-6-13(7-9-14)12-22-15(11-20)10-17(21)18(22)23-16-4-2-1-3-5-16/h1-10H,12,21H2. The molecule has 0 amide bonds. The minimum atomic E-state index is 0.430. The van der Waals surface area contributed by atoms with Crippen LogP contribution in [0.3, 0.4) is 0 Å². The number of aromatic nitrogens is 1. The highest BCUT2D eigenvalue weighted by Crippen LogP contribution is 2.31. The Hall–Kier alpha value is -2.90. The number of nitrogens with two attached hydrogens (primary N) is 1. The smallest absolute Gasteiger partial charge is 0.224 e. The molecule has 1 heterocycles. The number of hydrogen-bond donors (Lipinski definition) is 1. The first kappa shape index (κ1) is 15.0. The molecule has 1 aromatic heterocycles. The SMILES string of the molecule is N#Cc1cc(N)c(Oc2ccccc2)n1Cc1ccc(Cl)cc1. The molecule has 114 valence electrons. The minimum absolute atomic E-state index is 0.430. The fourth-order valence-electron chi connectivity index (χ4n) is 2.29. The largest absolute Gasteiger partial charge is 0.439 e. The van der Waals surface area contributed by atoms with E-state index in [0.29, 0.717) is 34.6 Å². The molecule has 23 heavy (non-hydrogen) atoms. The van der Waals surface area contributed by atoms with Crippen LogP contribution in [-0.2, 0) is 6.54 Å². The summed E-state index contributed by atoms with van der Waals surface area (Å²) in [6.07, 6.45) is 0. The summed E-state index contributed by atoms with van der Waals surface area (Å²) in [5.74, 6) is 1.13. The van der Waals surface area contributed by atoms with Gasteiger partial charge in [0.15, 0.2) is 0 Å². The van der Waals surface area contributed by atoms with Crippen molar-refractivity contribution in [2.24, 2.45) is 0 Å². The lowest BCUT2D eigenvalue weighted by molar-refractivity contribution is 0.437. The Morgan fingerprint density at radius 2 is 1.78 bits per heavy atom. The summed E-state index contributed by atoms with van der Waals surface area (Å²) >= 11 is 5.91. The first-order valence-corrected chi connectivity index (χ1v) is 7.41. The second kappa shape index (κ2) is 6.47. The summed E-state index contributed by atoms with van der Waals surface area (Å²) in [5, 5.41) is 10.0. The molecule has 3 aromatic rings. The van der Waals surface area contributed by atoms with Crippen LogP contribution in [0.2, 0.25) is 5.02 Å². The van der Waals surface area contributed by atoms with E-state index in [4.69, 9.17) is 22.1 Å². The second-order valence-corrected chi connectivity index (χ2v) is 5.47. The van der Waals surface area contributed by atoms with Gasteiger partial charge in [0.05, 0.1) is 12.2 Å². The molecule has 0 bridgehead atoms. The van der Waals surface area contributed by atoms with Crippen LogP contribution in [0.25, 0.3) is 0 Å². The molecule has 5 heteroatoms. The van der Waals surface area contributed by atoms with Crippen molar-refractivity contribution in [3.8, 4) is 17.7 Å². The maximum Gasteiger partial charge on any atom is 0.224 e. The van der Waals surface area contributed by atoms with Gasteiger partial charge in [-0.05, 0) is 29.8 Å². The number of benzene rings is 2. The molecule has 0 aliphatic carbocycles. The molecule has 0 unspecified atom stereocenters. The van der Waals surface area contributed by atoms with E-state index < -0.39 is 0 Å². The van der Waals surface area contributed by atoms with Crippen molar-refractivity contribution >= 4 is 17.3 Å². The molecule has 0 saturated heterocycles. The first-order chi connectivity index (χ1) is 11.2. The van der Waals surface area contributed by atoms with Crippen molar-refractivity contribution in [3.05, 3.63) is 76.9 Å². The summed E-state index contributed by atoms with van der Waals surface area (Å²) in [7, 11) is 0. The van der Waals surface area contributed by atoms with E-state index in [-0.39, 0.29) is 0 Å². The minimum Gasteiger partial charge on any atom is -0.439 e. The Morgan fingerprint density at radius 3 is 2.43 bits per heavy atom. The number of nitrogens with zero attached hydrogens (tertiary/aromatic N) is 2. The molecule has 0 radical (unpaired) electrons. The Labute approximate surface area is 139 Å². The second-order valence-electron chi connectivity index (χ2n) is 5.03. The summed E-state index contributed by atoms with van der Waals surface area (Å²) in [6.45, 7) is 0.472. The lowest BCUT2D eigenvalue weighted by Crippen LogP contribution is -2.05. The lowest BCUT2D eigenvalue weighted by Gasteiger charge is -2.12. The van der Waals surface area contributed by atoms with E-state index >= 15 is 0 Å². The third-order valence-electron chi connectivity index (χ3n) is 3.40. The summed E-state index contributed by atoms with van der Waals surface area (Å²) < 4.78 is 7.64. The van der Waals surface area contributed by atoms with Crippen molar-refractivity contribution in [1.82, 2.24) is 4.57 Å².